The molecule has 3 N–H and O–H groups in total. The van der Waals surface area contributed by atoms with Crippen molar-refractivity contribution < 1.29 is 9.18 Å². The number of carbonyl (C=O) groups is 1. The van der Waals surface area contributed by atoms with Crippen molar-refractivity contribution in [1.82, 2.24) is 25.4 Å². The Labute approximate surface area is 138 Å². The molecular weight excluding hydrogens is 309 g/mol. The molecule has 6 nitrogen and oxygen atoms in total. The first kappa shape index (κ1) is 14.9. The molecule has 3 heterocycles. The summed E-state index contributed by atoms with van der Waals surface area (Å²) in [4.78, 5) is 17.6. The minimum Gasteiger partial charge on any atom is -0.353 e. The van der Waals surface area contributed by atoms with E-state index in [4.69, 9.17) is 0 Å². The minimum absolute atomic E-state index is 0.170. The number of hydrogen-bond donors (Lipinski definition) is 3. The molecule has 1 saturated heterocycles. The number of hydrogen-bond acceptors (Lipinski definition) is 3. The van der Waals surface area contributed by atoms with Crippen LogP contribution in [0.3, 0.4) is 0 Å². The first-order chi connectivity index (χ1) is 11.7. The van der Waals surface area contributed by atoms with E-state index in [1.165, 1.54) is 18.6 Å². The highest BCUT2D eigenvalue weighted by atomic mass is 19.1. The fraction of sp³-hybridized carbons (Fsp3) is 0.294. The highest BCUT2D eigenvalue weighted by Gasteiger charge is 2.15. The molecule has 1 amide bonds. The number of rotatable bonds is 5. The van der Waals surface area contributed by atoms with Gasteiger partial charge >= 0.3 is 0 Å². The number of H-pyrrole nitrogens is 2. The number of nitrogens with zero attached hydrogens (tertiary/aromatic N) is 2. The molecule has 0 unspecified atom stereocenters. The largest absolute Gasteiger partial charge is 0.353 e. The number of aromatic nitrogens is 3. The summed E-state index contributed by atoms with van der Waals surface area (Å²) in [7, 11) is 0. The number of nitrogens with one attached hydrogen (secondary N) is 3. The molecule has 0 saturated carbocycles. The van der Waals surface area contributed by atoms with Crippen LogP contribution in [0.5, 0.6) is 0 Å². The van der Waals surface area contributed by atoms with Crippen LogP contribution in [0.15, 0.2) is 30.3 Å². The third-order valence-electron chi connectivity index (χ3n) is 4.34. The average molecular weight is 327 g/mol. The van der Waals surface area contributed by atoms with Gasteiger partial charge in [0.15, 0.2) is 0 Å². The lowest BCUT2D eigenvalue weighted by Crippen LogP contribution is -2.42. The fourth-order valence-corrected chi connectivity index (χ4v) is 2.85. The number of amides is 1. The molecule has 0 aliphatic carbocycles. The highest BCUT2D eigenvalue weighted by Crippen LogP contribution is 2.23. The smallest absolute Gasteiger partial charge is 0.269 e. The van der Waals surface area contributed by atoms with Gasteiger partial charge in [-0.05, 0) is 49.8 Å². The number of fused-ring (bicyclic) bond motifs is 1. The molecule has 24 heavy (non-hydrogen) atoms. The highest BCUT2D eigenvalue weighted by molar-refractivity contribution is 5.93. The quantitative estimate of drug-likeness (QED) is 0.672. The van der Waals surface area contributed by atoms with Crippen molar-refractivity contribution in [3.63, 3.8) is 0 Å². The van der Waals surface area contributed by atoms with Crippen LogP contribution in [0.1, 0.15) is 16.9 Å². The van der Waals surface area contributed by atoms with Crippen molar-refractivity contribution in [3.05, 3.63) is 41.8 Å². The van der Waals surface area contributed by atoms with Crippen molar-refractivity contribution >= 4 is 16.8 Å². The van der Waals surface area contributed by atoms with E-state index in [2.05, 4.69) is 25.4 Å². The number of aromatic amines is 2. The van der Waals surface area contributed by atoms with Crippen LogP contribution in [0.2, 0.25) is 0 Å². The van der Waals surface area contributed by atoms with Crippen molar-refractivity contribution in [2.45, 2.75) is 6.42 Å². The summed E-state index contributed by atoms with van der Waals surface area (Å²) in [5, 5.41) is 10.6. The van der Waals surface area contributed by atoms with Crippen LogP contribution in [-0.2, 0) is 0 Å². The molecule has 1 fully saturated rings. The van der Waals surface area contributed by atoms with Gasteiger partial charge in [-0.1, -0.05) is 0 Å². The molecule has 0 radical (unpaired) electrons. The zero-order valence-electron chi connectivity index (χ0n) is 13.1. The van der Waals surface area contributed by atoms with Gasteiger partial charge in [0.2, 0.25) is 0 Å². The van der Waals surface area contributed by atoms with Crippen LogP contribution in [0.25, 0.3) is 22.3 Å². The Hall–Kier alpha value is -2.67. The molecule has 3 aromatic rings. The molecule has 4 rings (SSSR count). The maximum atomic E-state index is 13.3. The van der Waals surface area contributed by atoms with E-state index in [0.29, 0.717) is 17.9 Å². The lowest BCUT2D eigenvalue weighted by atomic mass is 10.2. The van der Waals surface area contributed by atoms with Gasteiger partial charge in [0.25, 0.3) is 5.91 Å². The Balaban J connectivity index is 1.45. The van der Waals surface area contributed by atoms with E-state index >= 15 is 0 Å². The third-order valence-corrected chi connectivity index (χ3v) is 4.34. The first-order valence-corrected chi connectivity index (χ1v) is 8.04. The molecule has 0 atom stereocenters. The minimum atomic E-state index is -0.280. The van der Waals surface area contributed by atoms with Crippen LogP contribution in [0, 0.1) is 5.82 Å². The average Bonchev–Trinajstić information content (AvgIpc) is 3.15. The van der Waals surface area contributed by atoms with Gasteiger partial charge in [-0.25, -0.2) is 4.39 Å². The van der Waals surface area contributed by atoms with Gasteiger partial charge in [-0.15, -0.1) is 0 Å². The van der Waals surface area contributed by atoms with Crippen LogP contribution >= 0.6 is 0 Å². The standard InChI is InChI=1S/C17H18FN5O/c18-12-2-3-13-11(8-12)9-14(20-13)15-10-16(22-21-15)17(24)19-4-7-23-5-1-6-23/h2-3,8-10,20H,1,4-7H2,(H,19,24)(H,21,22). The maximum absolute atomic E-state index is 13.3. The molecule has 1 aromatic carbocycles. The maximum Gasteiger partial charge on any atom is 0.269 e. The SMILES string of the molecule is O=C(NCCN1CCC1)c1cc(-c2cc3cc(F)ccc3[nH]2)n[nH]1. The summed E-state index contributed by atoms with van der Waals surface area (Å²) < 4.78 is 13.3. The van der Waals surface area contributed by atoms with Gasteiger partial charge in [-0.3, -0.25) is 9.89 Å². The number of benzene rings is 1. The van der Waals surface area contributed by atoms with E-state index in [0.717, 1.165) is 36.2 Å². The molecule has 0 bridgehead atoms. The first-order valence-electron chi connectivity index (χ1n) is 8.04. The third kappa shape index (κ3) is 2.90. The summed E-state index contributed by atoms with van der Waals surface area (Å²) in [5.74, 6) is -0.450. The molecule has 0 spiro atoms. The Morgan fingerprint density at radius 3 is 2.96 bits per heavy atom. The van der Waals surface area contributed by atoms with E-state index in [-0.39, 0.29) is 11.7 Å². The predicted octanol–water partition coefficient (Wildman–Crippen LogP) is 2.13. The van der Waals surface area contributed by atoms with Crippen LogP contribution in [0.4, 0.5) is 4.39 Å². The van der Waals surface area contributed by atoms with E-state index in [1.807, 2.05) is 6.07 Å². The fourth-order valence-electron chi connectivity index (χ4n) is 2.85. The zero-order chi connectivity index (χ0) is 16.5. The Morgan fingerprint density at radius 1 is 1.29 bits per heavy atom. The van der Waals surface area contributed by atoms with Crippen molar-refractivity contribution in [2.24, 2.45) is 0 Å². The molecule has 124 valence electrons. The monoisotopic (exact) mass is 327 g/mol. The number of likely N-dealkylation sites (tertiary alicyclic amines) is 1. The predicted molar refractivity (Wildman–Crippen MR) is 89.2 cm³/mol. The van der Waals surface area contributed by atoms with E-state index < -0.39 is 0 Å². The van der Waals surface area contributed by atoms with Crippen molar-refractivity contribution in [1.29, 1.82) is 0 Å². The molecular formula is C17H18FN5O. The van der Waals surface area contributed by atoms with Crippen LogP contribution in [-0.4, -0.2) is 52.2 Å². The molecule has 2 aromatic heterocycles. The summed E-state index contributed by atoms with van der Waals surface area (Å²) in [6.07, 6.45) is 1.24. The molecule has 7 heteroatoms. The lowest BCUT2D eigenvalue weighted by Gasteiger charge is -2.30. The Kier molecular flexibility index (Phi) is 3.78. The molecule has 1 aliphatic rings. The second-order valence-electron chi connectivity index (χ2n) is 6.03. The summed E-state index contributed by atoms with van der Waals surface area (Å²) in [6, 6.07) is 8.07. The topological polar surface area (TPSA) is 76.8 Å². The van der Waals surface area contributed by atoms with Gasteiger partial charge in [0.1, 0.15) is 17.2 Å². The number of halogens is 1. The van der Waals surface area contributed by atoms with Gasteiger partial charge in [0, 0.05) is 24.0 Å². The zero-order valence-corrected chi connectivity index (χ0v) is 13.1. The summed E-state index contributed by atoms with van der Waals surface area (Å²) in [6.45, 7) is 3.73. The normalized spacial score (nSPS) is 14.7. The van der Waals surface area contributed by atoms with E-state index in [9.17, 15) is 9.18 Å². The van der Waals surface area contributed by atoms with Gasteiger partial charge < -0.3 is 15.2 Å². The number of carbonyl (C=O) groups excluding carboxylic acids is 1. The second-order valence-corrected chi connectivity index (χ2v) is 6.03. The Morgan fingerprint density at radius 2 is 2.17 bits per heavy atom. The lowest BCUT2D eigenvalue weighted by molar-refractivity contribution is 0.0936. The second kappa shape index (κ2) is 6.09. The van der Waals surface area contributed by atoms with Crippen molar-refractivity contribution in [2.75, 3.05) is 26.2 Å². The van der Waals surface area contributed by atoms with Crippen molar-refractivity contribution in [3.8, 4) is 11.4 Å². The Bertz CT molecular complexity index is 880. The van der Waals surface area contributed by atoms with E-state index in [1.54, 1.807) is 12.1 Å². The summed E-state index contributed by atoms with van der Waals surface area (Å²) in [5.41, 5.74) is 2.61. The van der Waals surface area contributed by atoms with Gasteiger partial charge in [-0.2, -0.15) is 5.10 Å². The molecule has 1 aliphatic heterocycles. The van der Waals surface area contributed by atoms with Crippen LogP contribution < -0.4 is 5.32 Å². The summed E-state index contributed by atoms with van der Waals surface area (Å²) >= 11 is 0. The van der Waals surface area contributed by atoms with Gasteiger partial charge in [0.05, 0.1) is 5.69 Å².